The molecule has 2 aromatic carbocycles. The molecule has 0 fully saturated rings. The number of carbonyl (C=O) groups excluding carboxylic acids is 1. The number of carbonyl (C=O) groups is 1. The molecule has 0 spiro atoms. The first-order valence-corrected chi connectivity index (χ1v) is 7.44. The molecule has 0 aromatic heterocycles. The number of aryl methyl sites for hydroxylation is 3. The van der Waals surface area contributed by atoms with Gasteiger partial charge < -0.3 is 9.64 Å². The number of hydrogen-bond donors (Lipinski definition) is 0. The Morgan fingerprint density at radius 3 is 2.14 bits per heavy atom. The number of benzene rings is 2. The van der Waals surface area contributed by atoms with Gasteiger partial charge in [0, 0.05) is 13.6 Å². The number of rotatable bonds is 5. The Balaban J connectivity index is 1.89. The Labute approximate surface area is 132 Å². The molecule has 0 heterocycles. The van der Waals surface area contributed by atoms with Gasteiger partial charge in [0.05, 0.1) is 0 Å². The summed E-state index contributed by atoms with van der Waals surface area (Å²) in [7, 11) is 1.80. The molecule has 0 N–H and O–H groups in total. The molecule has 0 saturated carbocycles. The van der Waals surface area contributed by atoms with E-state index < -0.39 is 0 Å². The zero-order valence-corrected chi connectivity index (χ0v) is 13.7. The third-order valence-electron chi connectivity index (χ3n) is 3.52. The lowest BCUT2D eigenvalue weighted by atomic mass is 10.1. The van der Waals surface area contributed by atoms with Gasteiger partial charge in [0.2, 0.25) is 0 Å². The lowest BCUT2D eigenvalue weighted by molar-refractivity contribution is -0.132. The molecular formula is C19H23NO2. The number of hydrogen-bond acceptors (Lipinski definition) is 2. The molecule has 116 valence electrons. The molecule has 0 aliphatic rings. The van der Waals surface area contributed by atoms with Crippen LogP contribution in [0.25, 0.3) is 0 Å². The van der Waals surface area contributed by atoms with Crippen molar-refractivity contribution in [3.8, 4) is 5.75 Å². The minimum atomic E-state index is -0.0280. The molecule has 3 heteroatoms. The Morgan fingerprint density at radius 2 is 1.55 bits per heavy atom. The number of amides is 1. The van der Waals surface area contributed by atoms with Crippen LogP contribution in [0, 0.1) is 20.8 Å². The molecule has 1 amide bonds. The second-order valence-corrected chi connectivity index (χ2v) is 5.85. The van der Waals surface area contributed by atoms with Crippen LogP contribution in [-0.4, -0.2) is 24.5 Å². The number of nitrogens with zero attached hydrogens (tertiary/aromatic N) is 1. The average molecular weight is 297 g/mol. The van der Waals surface area contributed by atoms with E-state index in [1.165, 1.54) is 5.56 Å². The van der Waals surface area contributed by atoms with Crippen LogP contribution in [0.4, 0.5) is 0 Å². The van der Waals surface area contributed by atoms with Crippen LogP contribution in [0.5, 0.6) is 5.75 Å². The minimum Gasteiger partial charge on any atom is -0.484 e. The zero-order chi connectivity index (χ0) is 16.1. The standard InChI is InChI=1S/C19H23NO2/c1-14-5-7-17(8-6-14)12-20(4)19(21)13-22-18-10-15(2)9-16(3)11-18/h5-11H,12-13H2,1-4H3. The maximum Gasteiger partial charge on any atom is 0.260 e. The van der Waals surface area contributed by atoms with Crippen LogP contribution in [0.1, 0.15) is 22.3 Å². The monoisotopic (exact) mass is 297 g/mol. The first-order chi connectivity index (χ1) is 10.4. The van der Waals surface area contributed by atoms with E-state index in [1.54, 1.807) is 11.9 Å². The smallest absolute Gasteiger partial charge is 0.260 e. The fourth-order valence-corrected chi connectivity index (χ4v) is 2.33. The highest BCUT2D eigenvalue weighted by molar-refractivity contribution is 5.77. The molecular weight excluding hydrogens is 274 g/mol. The van der Waals surface area contributed by atoms with Crippen molar-refractivity contribution in [2.45, 2.75) is 27.3 Å². The Kier molecular flexibility index (Phi) is 5.21. The van der Waals surface area contributed by atoms with Crippen LogP contribution in [-0.2, 0) is 11.3 Å². The van der Waals surface area contributed by atoms with E-state index in [0.717, 1.165) is 22.4 Å². The Hall–Kier alpha value is -2.29. The van der Waals surface area contributed by atoms with Crippen LogP contribution >= 0.6 is 0 Å². The maximum atomic E-state index is 12.2. The van der Waals surface area contributed by atoms with E-state index in [-0.39, 0.29) is 12.5 Å². The molecule has 0 radical (unpaired) electrons. The van der Waals surface area contributed by atoms with Gasteiger partial charge in [0.15, 0.2) is 6.61 Å². The normalized spacial score (nSPS) is 10.4. The van der Waals surface area contributed by atoms with Crippen molar-refractivity contribution < 1.29 is 9.53 Å². The topological polar surface area (TPSA) is 29.5 Å². The van der Waals surface area contributed by atoms with E-state index in [9.17, 15) is 4.79 Å². The summed E-state index contributed by atoms with van der Waals surface area (Å²) in [5.74, 6) is 0.717. The van der Waals surface area contributed by atoms with Crippen molar-refractivity contribution in [3.63, 3.8) is 0 Å². The largest absolute Gasteiger partial charge is 0.484 e. The van der Waals surface area contributed by atoms with Crippen LogP contribution < -0.4 is 4.74 Å². The molecule has 0 saturated heterocycles. The first kappa shape index (κ1) is 16.1. The van der Waals surface area contributed by atoms with Gasteiger partial charge in [-0.25, -0.2) is 0 Å². The van der Waals surface area contributed by atoms with Gasteiger partial charge in [-0.15, -0.1) is 0 Å². The Morgan fingerprint density at radius 1 is 0.955 bits per heavy atom. The van der Waals surface area contributed by atoms with Gasteiger partial charge in [-0.3, -0.25) is 4.79 Å². The second-order valence-electron chi connectivity index (χ2n) is 5.85. The molecule has 2 rings (SSSR count). The summed E-state index contributed by atoms with van der Waals surface area (Å²) in [5, 5.41) is 0. The summed E-state index contributed by atoms with van der Waals surface area (Å²) in [5.41, 5.74) is 4.61. The van der Waals surface area contributed by atoms with Gasteiger partial charge in [-0.2, -0.15) is 0 Å². The SMILES string of the molecule is Cc1ccc(CN(C)C(=O)COc2cc(C)cc(C)c2)cc1. The third-order valence-corrected chi connectivity index (χ3v) is 3.52. The van der Waals surface area contributed by atoms with Crippen LogP contribution in [0.15, 0.2) is 42.5 Å². The van der Waals surface area contributed by atoms with Gasteiger partial charge in [0.1, 0.15) is 5.75 Å². The molecule has 0 bridgehead atoms. The highest BCUT2D eigenvalue weighted by atomic mass is 16.5. The Bertz CT molecular complexity index is 627. The van der Waals surface area contributed by atoms with Crippen molar-refractivity contribution in [2.75, 3.05) is 13.7 Å². The predicted octanol–water partition coefficient (Wildman–Crippen LogP) is 3.65. The van der Waals surface area contributed by atoms with Gasteiger partial charge in [0.25, 0.3) is 5.91 Å². The fourth-order valence-electron chi connectivity index (χ4n) is 2.33. The molecule has 0 atom stereocenters. The van der Waals surface area contributed by atoms with Gasteiger partial charge in [-0.1, -0.05) is 35.9 Å². The van der Waals surface area contributed by atoms with Crippen LogP contribution in [0.2, 0.25) is 0 Å². The van der Waals surface area contributed by atoms with E-state index in [4.69, 9.17) is 4.74 Å². The quantitative estimate of drug-likeness (QED) is 0.843. The van der Waals surface area contributed by atoms with E-state index in [1.807, 2.05) is 38.1 Å². The molecule has 2 aromatic rings. The predicted molar refractivity (Wildman–Crippen MR) is 89.1 cm³/mol. The summed E-state index contributed by atoms with van der Waals surface area (Å²) in [4.78, 5) is 13.8. The van der Waals surface area contributed by atoms with Crippen LogP contribution in [0.3, 0.4) is 0 Å². The van der Waals surface area contributed by atoms with E-state index in [0.29, 0.717) is 6.54 Å². The lowest BCUT2D eigenvalue weighted by Gasteiger charge is -2.18. The fraction of sp³-hybridized carbons (Fsp3) is 0.316. The van der Waals surface area contributed by atoms with Crippen molar-refractivity contribution in [2.24, 2.45) is 0 Å². The molecule has 22 heavy (non-hydrogen) atoms. The number of likely N-dealkylation sites (N-methyl/N-ethyl adjacent to an activating group) is 1. The lowest BCUT2D eigenvalue weighted by Crippen LogP contribution is -2.30. The minimum absolute atomic E-state index is 0.0280. The third kappa shape index (κ3) is 4.62. The highest BCUT2D eigenvalue weighted by Crippen LogP contribution is 2.16. The van der Waals surface area contributed by atoms with Crippen molar-refractivity contribution >= 4 is 5.91 Å². The van der Waals surface area contributed by atoms with Crippen molar-refractivity contribution in [1.29, 1.82) is 0 Å². The second kappa shape index (κ2) is 7.12. The molecule has 0 unspecified atom stereocenters. The van der Waals surface area contributed by atoms with E-state index in [2.05, 4.69) is 25.1 Å². The first-order valence-electron chi connectivity index (χ1n) is 7.44. The summed E-state index contributed by atoms with van der Waals surface area (Å²) < 4.78 is 5.62. The average Bonchev–Trinajstić information content (AvgIpc) is 2.46. The maximum absolute atomic E-state index is 12.2. The molecule has 3 nitrogen and oxygen atoms in total. The molecule has 0 aliphatic heterocycles. The van der Waals surface area contributed by atoms with Crippen molar-refractivity contribution in [3.05, 3.63) is 64.7 Å². The summed E-state index contributed by atoms with van der Waals surface area (Å²) >= 11 is 0. The van der Waals surface area contributed by atoms with Crippen molar-refractivity contribution in [1.82, 2.24) is 4.90 Å². The summed E-state index contributed by atoms with van der Waals surface area (Å²) in [6.07, 6.45) is 0. The van der Waals surface area contributed by atoms with Gasteiger partial charge >= 0.3 is 0 Å². The highest BCUT2D eigenvalue weighted by Gasteiger charge is 2.10. The molecule has 0 aliphatic carbocycles. The summed E-state index contributed by atoms with van der Waals surface area (Å²) in [6, 6.07) is 14.2. The summed E-state index contributed by atoms with van der Waals surface area (Å²) in [6.45, 7) is 6.74. The van der Waals surface area contributed by atoms with Gasteiger partial charge in [-0.05, 0) is 49.6 Å². The van der Waals surface area contributed by atoms with E-state index >= 15 is 0 Å². The zero-order valence-electron chi connectivity index (χ0n) is 13.7. The number of ether oxygens (including phenoxy) is 1.